The lowest BCUT2D eigenvalue weighted by atomic mass is 10.1. The number of likely N-dealkylation sites (tertiary alicyclic amines) is 1. The average molecular weight is 275 g/mol. The van der Waals surface area contributed by atoms with E-state index in [0.717, 1.165) is 31.5 Å². The number of nitrogens with two attached hydrogens (primary N) is 1. The van der Waals surface area contributed by atoms with E-state index in [-0.39, 0.29) is 18.4 Å². The Morgan fingerprint density at radius 2 is 1.95 bits per heavy atom. The van der Waals surface area contributed by atoms with Crippen molar-refractivity contribution in [1.82, 2.24) is 9.80 Å². The fourth-order valence-electron chi connectivity index (χ4n) is 2.43. The normalized spacial score (nSPS) is 14.4. The Kier molecular flexibility index (Phi) is 4.27. The second-order valence-electron chi connectivity index (χ2n) is 5.27. The molecule has 1 aromatic carbocycles. The van der Waals surface area contributed by atoms with Crippen molar-refractivity contribution in [3.05, 3.63) is 29.3 Å². The van der Waals surface area contributed by atoms with Gasteiger partial charge in [-0.05, 0) is 37.5 Å². The van der Waals surface area contributed by atoms with E-state index < -0.39 is 0 Å². The molecule has 0 radical (unpaired) electrons. The first-order valence-electron chi connectivity index (χ1n) is 6.89. The Hall–Kier alpha value is -2.04. The average Bonchev–Trinajstić information content (AvgIpc) is 2.95. The number of rotatable bonds is 3. The van der Waals surface area contributed by atoms with Crippen LogP contribution in [0.2, 0.25) is 0 Å². The minimum atomic E-state index is -0.164. The van der Waals surface area contributed by atoms with Gasteiger partial charge in [0.15, 0.2) is 0 Å². The van der Waals surface area contributed by atoms with Gasteiger partial charge in [-0.15, -0.1) is 0 Å². The number of carbonyl (C=O) groups excluding carboxylic acids is 2. The van der Waals surface area contributed by atoms with E-state index in [9.17, 15) is 9.59 Å². The van der Waals surface area contributed by atoms with E-state index in [1.54, 1.807) is 25.2 Å². The maximum absolute atomic E-state index is 12.4. The molecule has 1 saturated heterocycles. The van der Waals surface area contributed by atoms with E-state index in [1.807, 2.05) is 11.8 Å². The van der Waals surface area contributed by atoms with E-state index in [1.165, 1.54) is 4.90 Å². The quantitative estimate of drug-likeness (QED) is 0.845. The van der Waals surface area contributed by atoms with Gasteiger partial charge in [0.25, 0.3) is 5.91 Å². The number of nitrogens with zero attached hydrogens (tertiary/aromatic N) is 2. The molecule has 5 heteroatoms. The zero-order chi connectivity index (χ0) is 14.7. The lowest BCUT2D eigenvalue weighted by Crippen LogP contribution is -2.40. The summed E-state index contributed by atoms with van der Waals surface area (Å²) in [5.41, 5.74) is 7.73. The van der Waals surface area contributed by atoms with Crippen LogP contribution in [0.3, 0.4) is 0 Å². The van der Waals surface area contributed by atoms with Crippen LogP contribution in [0.4, 0.5) is 5.69 Å². The molecule has 1 heterocycles. The van der Waals surface area contributed by atoms with Gasteiger partial charge in [-0.25, -0.2) is 0 Å². The Bertz CT molecular complexity index is 522. The molecule has 0 saturated carbocycles. The number of carbonyl (C=O) groups is 2. The molecule has 1 aliphatic heterocycles. The second kappa shape index (κ2) is 5.94. The minimum absolute atomic E-state index is 0.0138. The lowest BCUT2D eigenvalue weighted by molar-refractivity contribution is -0.130. The van der Waals surface area contributed by atoms with Crippen molar-refractivity contribution in [3.8, 4) is 0 Å². The van der Waals surface area contributed by atoms with Crippen LogP contribution in [0.25, 0.3) is 0 Å². The van der Waals surface area contributed by atoms with E-state index in [0.29, 0.717) is 11.3 Å². The fraction of sp³-hybridized carbons (Fsp3) is 0.467. The summed E-state index contributed by atoms with van der Waals surface area (Å²) >= 11 is 0. The van der Waals surface area contributed by atoms with Gasteiger partial charge in [0, 0.05) is 31.4 Å². The molecular formula is C15H21N3O2. The van der Waals surface area contributed by atoms with Crippen molar-refractivity contribution >= 4 is 17.5 Å². The van der Waals surface area contributed by atoms with Crippen molar-refractivity contribution in [2.75, 3.05) is 32.4 Å². The Morgan fingerprint density at radius 1 is 1.30 bits per heavy atom. The highest BCUT2D eigenvalue weighted by Crippen LogP contribution is 2.17. The first kappa shape index (κ1) is 14.4. The summed E-state index contributed by atoms with van der Waals surface area (Å²) in [6.45, 7) is 3.54. The molecule has 2 N–H and O–H groups in total. The van der Waals surface area contributed by atoms with E-state index in [2.05, 4.69) is 0 Å². The molecule has 1 aliphatic rings. The molecule has 0 aliphatic carbocycles. The molecule has 1 fully saturated rings. The third-order valence-corrected chi connectivity index (χ3v) is 3.78. The Labute approximate surface area is 119 Å². The van der Waals surface area contributed by atoms with Gasteiger partial charge in [-0.2, -0.15) is 0 Å². The van der Waals surface area contributed by atoms with Gasteiger partial charge in [0.2, 0.25) is 5.91 Å². The van der Waals surface area contributed by atoms with Crippen LogP contribution < -0.4 is 5.73 Å². The van der Waals surface area contributed by atoms with Gasteiger partial charge in [-0.1, -0.05) is 6.07 Å². The smallest absolute Gasteiger partial charge is 0.254 e. The van der Waals surface area contributed by atoms with E-state index >= 15 is 0 Å². The number of nitrogen functional groups attached to an aromatic ring is 1. The minimum Gasteiger partial charge on any atom is -0.398 e. The van der Waals surface area contributed by atoms with Crippen LogP contribution >= 0.6 is 0 Å². The Morgan fingerprint density at radius 3 is 2.60 bits per heavy atom. The maximum Gasteiger partial charge on any atom is 0.254 e. The summed E-state index contributed by atoms with van der Waals surface area (Å²) in [5.74, 6) is -0.151. The SMILES string of the molecule is Cc1c(N)cccc1C(=O)N(C)CC(=O)N1CCCC1. The van der Waals surface area contributed by atoms with Crippen molar-refractivity contribution in [2.45, 2.75) is 19.8 Å². The molecule has 108 valence electrons. The van der Waals surface area contributed by atoms with Crippen LogP contribution in [0, 0.1) is 6.92 Å². The van der Waals surface area contributed by atoms with Crippen molar-refractivity contribution in [1.29, 1.82) is 0 Å². The van der Waals surface area contributed by atoms with Gasteiger partial charge >= 0.3 is 0 Å². The molecule has 20 heavy (non-hydrogen) atoms. The topological polar surface area (TPSA) is 66.6 Å². The van der Waals surface area contributed by atoms with Crippen molar-refractivity contribution < 1.29 is 9.59 Å². The third-order valence-electron chi connectivity index (χ3n) is 3.78. The summed E-state index contributed by atoms with van der Waals surface area (Å²) in [5, 5.41) is 0. The molecule has 0 bridgehead atoms. The molecule has 0 unspecified atom stereocenters. The predicted molar refractivity (Wildman–Crippen MR) is 78.4 cm³/mol. The van der Waals surface area contributed by atoms with Crippen LogP contribution in [0.1, 0.15) is 28.8 Å². The van der Waals surface area contributed by atoms with Gasteiger partial charge in [0.1, 0.15) is 0 Å². The summed E-state index contributed by atoms with van der Waals surface area (Å²) in [7, 11) is 1.65. The summed E-state index contributed by atoms with van der Waals surface area (Å²) in [6, 6.07) is 5.26. The van der Waals surface area contributed by atoms with Gasteiger partial charge < -0.3 is 15.5 Å². The number of benzene rings is 1. The van der Waals surface area contributed by atoms with Crippen LogP contribution in [-0.4, -0.2) is 48.3 Å². The largest absolute Gasteiger partial charge is 0.398 e. The third kappa shape index (κ3) is 2.92. The first-order valence-corrected chi connectivity index (χ1v) is 6.89. The van der Waals surface area contributed by atoms with Gasteiger partial charge in [0.05, 0.1) is 6.54 Å². The highest BCUT2D eigenvalue weighted by molar-refractivity contribution is 5.98. The number of likely N-dealkylation sites (N-methyl/N-ethyl adjacent to an activating group) is 1. The molecule has 1 aromatic rings. The first-order chi connectivity index (χ1) is 9.50. The molecule has 0 spiro atoms. The maximum atomic E-state index is 12.4. The zero-order valence-electron chi connectivity index (χ0n) is 12.1. The number of anilines is 1. The standard InChI is InChI=1S/C15H21N3O2/c1-11-12(6-5-7-13(11)16)15(20)17(2)10-14(19)18-8-3-4-9-18/h5-7H,3-4,8-10,16H2,1-2H3. The predicted octanol–water partition coefficient (Wildman–Crippen LogP) is 1.27. The van der Waals surface area contributed by atoms with Crippen LogP contribution in [0.5, 0.6) is 0 Å². The Balaban J connectivity index is 2.04. The van der Waals surface area contributed by atoms with Gasteiger partial charge in [-0.3, -0.25) is 9.59 Å². The molecule has 2 amide bonds. The number of hydrogen-bond acceptors (Lipinski definition) is 3. The summed E-state index contributed by atoms with van der Waals surface area (Å²) in [4.78, 5) is 27.7. The zero-order valence-corrected chi connectivity index (χ0v) is 12.1. The van der Waals surface area contributed by atoms with Crippen LogP contribution in [0.15, 0.2) is 18.2 Å². The second-order valence-corrected chi connectivity index (χ2v) is 5.27. The summed E-state index contributed by atoms with van der Waals surface area (Å²) < 4.78 is 0. The molecule has 2 rings (SSSR count). The fourth-order valence-corrected chi connectivity index (χ4v) is 2.43. The molecule has 5 nitrogen and oxygen atoms in total. The molecule has 0 atom stereocenters. The monoisotopic (exact) mass is 275 g/mol. The highest BCUT2D eigenvalue weighted by Gasteiger charge is 2.22. The van der Waals surface area contributed by atoms with Crippen molar-refractivity contribution in [2.24, 2.45) is 0 Å². The van der Waals surface area contributed by atoms with E-state index in [4.69, 9.17) is 5.73 Å². The van der Waals surface area contributed by atoms with Crippen molar-refractivity contribution in [3.63, 3.8) is 0 Å². The number of hydrogen-bond donors (Lipinski definition) is 1. The van der Waals surface area contributed by atoms with Crippen LogP contribution in [-0.2, 0) is 4.79 Å². The molecule has 0 aromatic heterocycles. The lowest BCUT2D eigenvalue weighted by Gasteiger charge is -2.22. The number of amides is 2. The summed E-state index contributed by atoms with van der Waals surface area (Å²) in [6.07, 6.45) is 2.11. The highest BCUT2D eigenvalue weighted by atomic mass is 16.2. The molecular weight excluding hydrogens is 254 g/mol.